The van der Waals surface area contributed by atoms with Gasteiger partial charge in [-0.3, -0.25) is 29.0 Å². The fraction of sp³-hybridized carbons (Fsp3) is 0.692. The third-order valence-corrected chi connectivity index (χ3v) is 8.14. The van der Waals surface area contributed by atoms with Gasteiger partial charge in [-0.2, -0.15) is 0 Å². The van der Waals surface area contributed by atoms with E-state index < -0.39 is 11.9 Å². The van der Waals surface area contributed by atoms with E-state index in [4.69, 9.17) is 0 Å². The average molecular weight is 503 g/mol. The number of hydrogen-bond donors (Lipinski definition) is 4. The van der Waals surface area contributed by atoms with Gasteiger partial charge in [-0.25, -0.2) is 0 Å². The van der Waals surface area contributed by atoms with Gasteiger partial charge in [-0.15, -0.1) is 0 Å². The van der Waals surface area contributed by atoms with E-state index in [1.807, 2.05) is 0 Å². The number of amides is 2. The summed E-state index contributed by atoms with van der Waals surface area (Å²) in [5, 5.41) is 24.4. The summed E-state index contributed by atoms with van der Waals surface area (Å²) in [4.78, 5) is 50.7. The van der Waals surface area contributed by atoms with Crippen LogP contribution in [-0.4, -0.2) is 96.1 Å². The molecule has 0 saturated heterocycles. The highest BCUT2D eigenvalue weighted by Gasteiger charge is 2.36. The normalized spacial score (nSPS) is 29.4. The fourth-order valence-corrected chi connectivity index (χ4v) is 6.36. The van der Waals surface area contributed by atoms with Crippen molar-refractivity contribution in [2.24, 2.45) is 35.5 Å². The number of allylic oxidation sites excluding steroid dienone is 4. The molecule has 0 aliphatic heterocycles. The first-order chi connectivity index (χ1) is 17.2. The van der Waals surface area contributed by atoms with Crippen molar-refractivity contribution in [1.29, 1.82) is 0 Å². The number of carbonyl (C=O) groups is 4. The number of nitrogens with zero attached hydrogens (tertiary/aromatic N) is 2. The second-order valence-electron chi connectivity index (χ2n) is 10.9. The Hall–Kier alpha value is -2.72. The van der Waals surface area contributed by atoms with E-state index in [-0.39, 0.29) is 51.1 Å². The van der Waals surface area contributed by atoms with Crippen LogP contribution in [0.5, 0.6) is 0 Å². The van der Waals surface area contributed by atoms with Crippen LogP contribution in [0.25, 0.3) is 0 Å². The second kappa shape index (κ2) is 12.0. The van der Waals surface area contributed by atoms with Gasteiger partial charge in [-0.05, 0) is 61.2 Å². The Kier molecular flexibility index (Phi) is 8.79. The maximum absolute atomic E-state index is 12.5. The Bertz CT molecular complexity index is 833. The molecule has 4 aliphatic carbocycles. The van der Waals surface area contributed by atoms with E-state index in [0.29, 0.717) is 48.6 Å². The van der Waals surface area contributed by atoms with Crippen molar-refractivity contribution in [3.8, 4) is 0 Å². The number of nitrogens with one attached hydrogen (secondary N) is 2. The largest absolute Gasteiger partial charge is 0.480 e. The first kappa shape index (κ1) is 26.3. The fourth-order valence-electron chi connectivity index (χ4n) is 6.36. The molecule has 6 atom stereocenters. The summed E-state index contributed by atoms with van der Waals surface area (Å²) in [6, 6.07) is 0. The Morgan fingerprint density at radius 1 is 0.639 bits per heavy atom. The lowest BCUT2D eigenvalue weighted by molar-refractivity contribution is -0.141. The molecule has 198 valence electrons. The van der Waals surface area contributed by atoms with Crippen LogP contribution in [0.15, 0.2) is 24.3 Å². The lowest BCUT2D eigenvalue weighted by atomic mass is 9.94. The van der Waals surface area contributed by atoms with E-state index in [1.54, 1.807) is 0 Å². The lowest BCUT2D eigenvalue weighted by Gasteiger charge is -2.26. The van der Waals surface area contributed by atoms with Gasteiger partial charge >= 0.3 is 11.9 Å². The number of carboxylic acid groups (broad SMARTS) is 2. The van der Waals surface area contributed by atoms with Gasteiger partial charge in [0.2, 0.25) is 11.8 Å². The minimum atomic E-state index is -1.07. The number of aliphatic carboxylic acids is 2. The van der Waals surface area contributed by atoms with Gasteiger partial charge in [-0.1, -0.05) is 24.3 Å². The molecule has 36 heavy (non-hydrogen) atoms. The maximum atomic E-state index is 12.5. The number of hydrogen-bond acceptors (Lipinski definition) is 6. The summed E-state index contributed by atoms with van der Waals surface area (Å²) in [5.74, 6) is 0.491. The highest BCUT2D eigenvalue weighted by molar-refractivity contribution is 5.79. The maximum Gasteiger partial charge on any atom is 0.317 e. The molecule has 10 nitrogen and oxygen atoms in total. The molecule has 2 amide bonds. The molecule has 0 aromatic carbocycles. The summed E-state index contributed by atoms with van der Waals surface area (Å²) in [6.07, 6.45) is 13.4. The molecular weight excluding hydrogens is 464 g/mol. The number of carbonyl (C=O) groups excluding carboxylic acids is 2. The molecule has 0 spiro atoms. The van der Waals surface area contributed by atoms with Crippen LogP contribution in [-0.2, 0) is 19.2 Å². The lowest BCUT2D eigenvalue weighted by Crippen LogP contribution is -2.47. The molecule has 0 aromatic rings. The Morgan fingerprint density at radius 2 is 1.06 bits per heavy atom. The molecule has 4 aliphatic rings. The summed E-state index contributed by atoms with van der Waals surface area (Å²) >= 11 is 0. The molecule has 0 heterocycles. The molecule has 0 radical (unpaired) electrons. The first-order valence-corrected chi connectivity index (χ1v) is 13.0. The Morgan fingerprint density at radius 3 is 1.36 bits per heavy atom. The van der Waals surface area contributed by atoms with Crippen molar-refractivity contribution in [3.63, 3.8) is 0 Å². The molecular formula is C26H38N4O6. The van der Waals surface area contributed by atoms with Crippen molar-refractivity contribution in [2.75, 3.05) is 52.4 Å². The molecule has 0 aromatic heterocycles. The van der Waals surface area contributed by atoms with E-state index in [0.717, 1.165) is 25.7 Å². The van der Waals surface area contributed by atoms with Gasteiger partial charge in [0.25, 0.3) is 0 Å². The minimum absolute atomic E-state index is 0.0895. The van der Waals surface area contributed by atoms with Crippen molar-refractivity contribution in [3.05, 3.63) is 24.3 Å². The topological polar surface area (TPSA) is 139 Å². The third-order valence-electron chi connectivity index (χ3n) is 8.14. The van der Waals surface area contributed by atoms with Gasteiger partial charge in [0.15, 0.2) is 0 Å². The zero-order valence-electron chi connectivity index (χ0n) is 20.7. The van der Waals surface area contributed by atoms with E-state index in [2.05, 4.69) is 34.9 Å². The van der Waals surface area contributed by atoms with Crippen LogP contribution in [0.4, 0.5) is 0 Å². The highest BCUT2D eigenvalue weighted by Crippen LogP contribution is 2.43. The van der Waals surface area contributed by atoms with E-state index in [9.17, 15) is 29.4 Å². The molecule has 4 rings (SSSR count). The van der Waals surface area contributed by atoms with Crippen LogP contribution in [0, 0.1) is 35.5 Å². The zero-order valence-corrected chi connectivity index (χ0v) is 20.7. The van der Waals surface area contributed by atoms with Crippen molar-refractivity contribution < 1.29 is 29.4 Å². The molecule has 2 fully saturated rings. The standard InChI is InChI=1S/C26H38N4O6/c31-23(27-11-21-9-17-1-3-19(21)7-17)13-29(15-25(33)34)5-6-30(16-26(35)36)14-24(32)28-12-22-10-18-2-4-20(22)8-18/h1-4,17-22H,5-16H2,(H,27,31)(H,28,32)(H,33,34)(H,35,36)/t17?,18?,19-,20?,21?,22?/m0/s1. The van der Waals surface area contributed by atoms with Crippen LogP contribution < -0.4 is 10.6 Å². The summed E-state index contributed by atoms with van der Waals surface area (Å²) in [6.45, 7) is 0.623. The summed E-state index contributed by atoms with van der Waals surface area (Å²) < 4.78 is 0. The molecule has 2 saturated carbocycles. The van der Waals surface area contributed by atoms with Crippen LogP contribution in [0.2, 0.25) is 0 Å². The summed E-state index contributed by atoms with van der Waals surface area (Å²) in [5.41, 5.74) is 0. The van der Waals surface area contributed by atoms with Crippen LogP contribution in [0.3, 0.4) is 0 Å². The van der Waals surface area contributed by atoms with Crippen molar-refractivity contribution in [1.82, 2.24) is 20.4 Å². The molecule has 10 heteroatoms. The molecule has 4 bridgehead atoms. The van der Waals surface area contributed by atoms with Crippen molar-refractivity contribution >= 4 is 23.8 Å². The highest BCUT2D eigenvalue weighted by atomic mass is 16.4. The average Bonchev–Trinajstić information content (AvgIpc) is 3.61. The Balaban J connectivity index is 1.21. The second-order valence-corrected chi connectivity index (χ2v) is 10.9. The smallest absolute Gasteiger partial charge is 0.317 e. The molecule has 5 unspecified atom stereocenters. The SMILES string of the molecule is O=C(O)CN(CCN(CC(=O)O)CC(=O)NCC1CC2C=C[C@H]1C2)CC(=O)NCC1CC2C=CC1C2. The van der Waals surface area contributed by atoms with Crippen molar-refractivity contribution in [2.45, 2.75) is 25.7 Å². The monoisotopic (exact) mass is 502 g/mol. The number of carboxylic acids is 2. The van der Waals surface area contributed by atoms with Crippen LogP contribution in [0.1, 0.15) is 25.7 Å². The summed E-state index contributed by atoms with van der Waals surface area (Å²) in [7, 11) is 0. The van der Waals surface area contributed by atoms with E-state index in [1.165, 1.54) is 9.80 Å². The van der Waals surface area contributed by atoms with Gasteiger partial charge in [0.1, 0.15) is 0 Å². The van der Waals surface area contributed by atoms with E-state index >= 15 is 0 Å². The predicted octanol–water partition coefficient (Wildman–Crippen LogP) is 0.416. The predicted molar refractivity (Wildman–Crippen MR) is 132 cm³/mol. The van der Waals surface area contributed by atoms with Gasteiger partial charge in [0.05, 0.1) is 26.2 Å². The molecule has 4 N–H and O–H groups in total. The van der Waals surface area contributed by atoms with Crippen LogP contribution >= 0.6 is 0 Å². The quantitative estimate of drug-likeness (QED) is 0.236. The number of fused-ring (bicyclic) bond motifs is 4. The number of rotatable bonds is 15. The first-order valence-electron chi connectivity index (χ1n) is 13.0. The minimum Gasteiger partial charge on any atom is -0.480 e. The van der Waals surface area contributed by atoms with Gasteiger partial charge < -0.3 is 20.8 Å². The zero-order chi connectivity index (χ0) is 25.7. The Labute approximate surface area is 211 Å². The third kappa shape index (κ3) is 7.39. The van der Waals surface area contributed by atoms with Gasteiger partial charge in [0, 0.05) is 26.2 Å².